The maximum Gasteiger partial charge on any atom is 0.328 e. The summed E-state index contributed by atoms with van der Waals surface area (Å²) in [5.41, 5.74) is 3.44. The normalized spacial score (nSPS) is 18.3. The predicted octanol–water partition coefficient (Wildman–Crippen LogP) is 5.17. The third-order valence-corrected chi connectivity index (χ3v) is 8.08. The fraction of sp³-hybridized carbons (Fsp3) is 0.533. The third kappa shape index (κ3) is 6.20. The fourth-order valence-electron chi connectivity index (χ4n) is 5.30. The van der Waals surface area contributed by atoms with Gasteiger partial charge in [-0.25, -0.2) is 9.59 Å². The monoisotopic (exact) mass is 507 g/mol. The van der Waals surface area contributed by atoms with Gasteiger partial charge in [0.25, 0.3) is 0 Å². The van der Waals surface area contributed by atoms with Crippen LogP contribution in [0.2, 0.25) is 0 Å². The number of hydrogen-bond donors (Lipinski definition) is 1. The van der Waals surface area contributed by atoms with Gasteiger partial charge in [-0.05, 0) is 35.6 Å². The number of anilines is 1. The molecule has 0 bridgehead atoms. The summed E-state index contributed by atoms with van der Waals surface area (Å²) in [7, 11) is 1.36. The largest absolute Gasteiger partial charge is 0.485 e. The lowest BCUT2D eigenvalue weighted by Crippen LogP contribution is -2.56. The van der Waals surface area contributed by atoms with Crippen molar-refractivity contribution in [2.75, 3.05) is 31.6 Å². The van der Waals surface area contributed by atoms with E-state index in [1.807, 2.05) is 19.9 Å². The van der Waals surface area contributed by atoms with E-state index in [0.717, 1.165) is 56.6 Å². The number of piperidine rings is 1. The molecule has 2 amide bonds. The minimum atomic E-state index is -0.639. The first kappa shape index (κ1) is 26.8. The Kier molecular flexibility index (Phi) is 8.62. The van der Waals surface area contributed by atoms with Crippen molar-refractivity contribution in [2.24, 2.45) is 5.92 Å². The van der Waals surface area contributed by atoms with E-state index >= 15 is 0 Å². The summed E-state index contributed by atoms with van der Waals surface area (Å²) < 4.78 is 11.7. The van der Waals surface area contributed by atoms with E-state index in [2.05, 4.69) is 59.6 Å². The predicted molar refractivity (Wildman–Crippen MR) is 146 cm³/mol. The Bertz CT molecular complexity index is 1060. The lowest BCUT2D eigenvalue weighted by molar-refractivity contribution is -0.144. The van der Waals surface area contributed by atoms with Crippen LogP contribution in [0.3, 0.4) is 0 Å². The van der Waals surface area contributed by atoms with Gasteiger partial charge in [-0.1, -0.05) is 63.6 Å². The molecule has 2 heterocycles. The number of nitrogens with one attached hydrogen (secondary N) is 1. The molecule has 0 saturated carbocycles. The van der Waals surface area contributed by atoms with E-state index in [9.17, 15) is 9.59 Å². The molecule has 7 heteroatoms. The topological polar surface area (TPSA) is 71.1 Å². The van der Waals surface area contributed by atoms with Crippen molar-refractivity contribution in [3.8, 4) is 5.75 Å². The fourth-order valence-corrected chi connectivity index (χ4v) is 5.30. The zero-order chi connectivity index (χ0) is 26.4. The highest BCUT2D eigenvalue weighted by Gasteiger charge is 2.41. The van der Waals surface area contributed by atoms with Gasteiger partial charge < -0.3 is 24.6 Å². The number of rotatable bonds is 7. The van der Waals surface area contributed by atoms with Crippen molar-refractivity contribution in [3.63, 3.8) is 0 Å². The Morgan fingerprint density at radius 2 is 1.65 bits per heavy atom. The molecule has 200 valence electrons. The molecular weight excluding hydrogens is 466 g/mol. The van der Waals surface area contributed by atoms with Gasteiger partial charge in [0.1, 0.15) is 17.4 Å². The third-order valence-electron chi connectivity index (χ3n) is 8.08. The number of likely N-dealkylation sites (tertiary alicyclic amines) is 1. The molecule has 2 aliphatic heterocycles. The number of esters is 1. The Morgan fingerprint density at radius 1 is 1.00 bits per heavy atom. The molecule has 2 aliphatic rings. The molecule has 2 unspecified atom stereocenters. The first-order valence-corrected chi connectivity index (χ1v) is 13.6. The van der Waals surface area contributed by atoms with Gasteiger partial charge in [-0.3, -0.25) is 0 Å². The zero-order valence-corrected chi connectivity index (χ0v) is 22.7. The molecule has 2 atom stereocenters. The second-order valence-corrected chi connectivity index (χ2v) is 10.4. The van der Waals surface area contributed by atoms with Crippen molar-refractivity contribution >= 4 is 17.7 Å². The van der Waals surface area contributed by atoms with Crippen LogP contribution in [0.15, 0.2) is 48.5 Å². The van der Waals surface area contributed by atoms with Crippen molar-refractivity contribution in [3.05, 3.63) is 59.7 Å². The number of methoxy groups -OCH3 is 1. The van der Waals surface area contributed by atoms with Crippen LogP contribution < -0.4 is 15.0 Å². The Hall–Kier alpha value is -3.22. The maximum absolute atomic E-state index is 13.0. The smallest absolute Gasteiger partial charge is 0.328 e. The molecule has 0 aromatic heterocycles. The van der Waals surface area contributed by atoms with Crippen LogP contribution in [-0.4, -0.2) is 55.3 Å². The number of ether oxygens (including phenoxy) is 2. The molecule has 0 aliphatic carbocycles. The highest BCUT2D eigenvalue weighted by molar-refractivity contribution is 5.83. The van der Waals surface area contributed by atoms with Crippen molar-refractivity contribution in [1.29, 1.82) is 0 Å². The van der Waals surface area contributed by atoms with E-state index in [-0.39, 0.29) is 17.6 Å². The van der Waals surface area contributed by atoms with E-state index in [1.165, 1.54) is 18.2 Å². The summed E-state index contributed by atoms with van der Waals surface area (Å²) in [5.74, 6) is 0.508. The number of benzene rings is 2. The summed E-state index contributed by atoms with van der Waals surface area (Å²) >= 11 is 0. The van der Waals surface area contributed by atoms with Gasteiger partial charge in [-0.15, -0.1) is 0 Å². The van der Waals surface area contributed by atoms with Gasteiger partial charge in [0.05, 0.1) is 12.8 Å². The molecule has 2 aromatic carbocycles. The van der Waals surface area contributed by atoms with Crippen LogP contribution in [0.25, 0.3) is 0 Å². The lowest BCUT2D eigenvalue weighted by Gasteiger charge is -2.41. The van der Waals surface area contributed by atoms with Crippen LogP contribution >= 0.6 is 0 Å². The van der Waals surface area contributed by atoms with Crippen molar-refractivity contribution in [2.45, 2.75) is 71.1 Å². The highest BCUT2D eigenvalue weighted by atomic mass is 16.5. The molecule has 37 heavy (non-hydrogen) atoms. The number of carbonyl (C=O) groups is 2. The number of amides is 2. The molecule has 7 nitrogen and oxygen atoms in total. The molecule has 1 saturated heterocycles. The second-order valence-electron chi connectivity index (χ2n) is 10.4. The van der Waals surface area contributed by atoms with E-state index in [4.69, 9.17) is 9.47 Å². The molecule has 0 radical (unpaired) electrons. The lowest BCUT2D eigenvalue weighted by atomic mass is 9.87. The standard InChI is InChI=1S/C30H41N3O4/c1-5-22(3)27(28(34)36-4)31-29(35)32-18-15-30(16-19-32)17-20-33(25-9-7-8-10-26(25)37-30)21-24-13-11-23(6-2)12-14-24/h7-14,22,27H,5-6,15-21H2,1-4H3,(H,31,35). The van der Waals surface area contributed by atoms with Crippen LogP contribution in [-0.2, 0) is 22.5 Å². The second kappa shape index (κ2) is 11.9. The number of urea groups is 1. The van der Waals surface area contributed by atoms with E-state index in [1.54, 1.807) is 4.90 Å². The van der Waals surface area contributed by atoms with Crippen molar-refractivity contribution < 1.29 is 19.1 Å². The van der Waals surface area contributed by atoms with Gasteiger partial charge in [0, 0.05) is 45.4 Å². The summed E-state index contributed by atoms with van der Waals surface area (Å²) in [6.45, 7) is 9.02. The number of fused-ring (bicyclic) bond motifs is 1. The van der Waals surface area contributed by atoms with Gasteiger partial charge >= 0.3 is 12.0 Å². The van der Waals surface area contributed by atoms with Crippen LogP contribution in [0, 0.1) is 5.92 Å². The summed E-state index contributed by atoms with van der Waals surface area (Å²) in [6, 6.07) is 16.3. The minimum Gasteiger partial charge on any atom is -0.485 e. The molecular formula is C30H41N3O4. The highest BCUT2D eigenvalue weighted by Crippen LogP contribution is 2.41. The molecule has 4 rings (SSSR count). The average Bonchev–Trinajstić information content (AvgIpc) is 3.08. The Balaban J connectivity index is 1.43. The van der Waals surface area contributed by atoms with Gasteiger partial charge in [0.15, 0.2) is 0 Å². The van der Waals surface area contributed by atoms with Crippen molar-refractivity contribution in [1.82, 2.24) is 10.2 Å². The van der Waals surface area contributed by atoms with Gasteiger partial charge in [0.2, 0.25) is 0 Å². The summed E-state index contributed by atoms with van der Waals surface area (Å²) in [5, 5.41) is 2.91. The van der Waals surface area contributed by atoms with Crippen LogP contribution in [0.1, 0.15) is 57.6 Å². The maximum atomic E-state index is 13.0. The number of nitrogens with zero attached hydrogens (tertiary/aromatic N) is 2. The van der Waals surface area contributed by atoms with Crippen LogP contribution in [0.5, 0.6) is 5.75 Å². The van der Waals surface area contributed by atoms with Crippen LogP contribution in [0.4, 0.5) is 10.5 Å². The van der Waals surface area contributed by atoms with Gasteiger partial charge in [-0.2, -0.15) is 0 Å². The first-order chi connectivity index (χ1) is 17.9. The zero-order valence-electron chi connectivity index (χ0n) is 22.7. The quantitative estimate of drug-likeness (QED) is 0.524. The summed E-state index contributed by atoms with van der Waals surface area (Å²) in [6.07, 6.45) is 4.21. The van der Waals surface area contributed by atoms with E-state index < -0.39 is 12.0 Å². The minimum absolute atomic E-state index is 0.00150. The Morgan fingerprint density at radius 3 is 2.30 bits per heavy atom. The Labute approximate surface area is 221 Å². The van der Waals surface area contributed by atoms with E-state index in [0.29, 0.717) is 13.1 Å². The summed E-state index contributed by atoms with van der Waals surface area (Å²) in [4.78, 5) is 29.5. The molecule has 2 aromatic rings. The average molecular weight is 508 g/mol. The first-order valence-electron chi connectivity index (χ1n) is 13.6. The SMILES string of the molecule is CCc1ccc(CN2CCC3(CCN(C(=O)NC(C(=O)OC)C(C)CC)CC3)Oc3ccccc32)cc1. The number of para-hydroxylation sites is 2. The molecule has 1 fully saturated rings. The number of aryl methyl sites for hydroxylation is 1. The number of hydrogen-bond acceptors (Lipinski definition) is 5. The molecule has 1 spiro atoms. The number of carbonyl (C=O) groups excluding carboxylic acids is 2. The molecule has 1 N–H and O–H groups in total.